The third kappa shape index (κ3) is 5.87. The number of esters is 2. The molecule has 1 aromatic carbocycles. The zero-order valence-electron chi connectivity index (χ0n) is 14.2. The Morgan fingerprint density at radius 1 is 1.32 bits per heavy atom. The minimum Gasteiger partial charge on any atom is -0.467 e. The van der Waals surface area contributed by atoms with E-state index in [0.29, 0.717) is 6.42 Å². The lowest BCUT2D eigenvalue weighted by atomic mass is 9.99. The van der Waals surface area contributed by atoms with Crippen molar-refractivity contribution in [2.24, 2.45) is 5.92 Å². The zero-order valence-corrected chi connectivity index (χ0v) is 14.2. The van der Waals surface area contributed by atoms with Crippen molar-refractivity contribution in [1.82, 2.24) is 5.32 Å². The Kier molecular flexibility index (Phi) is 7.51. The molecule has 136 valence electrons. The molecule has 0 aromatic heterocycles. The number of benzene rings is 1. The lowest BCUT2D eigenvalue weighted by molar-refractivity contribution is -0.384. The Morgan fingerprint density at radius 2 is 2.00 bits per heavy atom. The number of carbonyl (C=O) groups excluding carboxylic acids is 3. The van der Waals surface area contributed by atoms with Crippen LogP contribution in [0.3, 0.4) is 0 Å². The van der Waals surface area contributed by atoms with Crippen LogP contribution in [0.4, 0.5) is 5.69 Å². The van der Waals surface area contributed by atoms with E-state index in [-0.39, 0.29) is 17.2 Å². The first-order valence-corrected chi connectivity index (χ1v) is 7.58. The number of nitro benzene ring substituents is 1. The Hall–Kier alpha value is -2.97. The molecular formula is C16H20N2O7. The predicted octanol–water partition coefficient (Wildman–Crippen LogP) is 1.46. The van der Waals surface area contributed by atoms with Gasteiger partial charge in [-0.25, -0.2) is 9.59 Å². The van der Waals surface area contributed by atoms with Crippen LogP contribution in [0.1, 0.15) is 30.6 Å². The second-order valence-corrected chi connectivity index (χ2v) is 5.34. The molecule has 2 atom stereocenters. The number of nitro groups is 1. The number of hydrogen-bond acceptors (Lipinski definition) is 7. The van der Waals surface area contributed by atoms with Crippen LogP contribution in [0.5, 0.6) is 0 Å². The third-order valence-corrected chi connectivity index (χ3v) is 3.61. The average molecular weight is 352 g/mol. The van der Waals surface area contributed by atoms with E-state index in [4.69, 9.17) is 4.74 Å². The van der Waals surface area contributed by atoms with Crippen molar-refractivity contribution < 1.29 is 28.8 Å². The van der Waals surface area contributed by atoms with Crippen molar-refractivity contribution in [3.05, 3.63) is 39.9 Å². The van der Waals surface area contributed by atoms with Crippen molar-refractivity contribution in [1.29, 1.82) is 0 Å². The van der Waals surface area contributed by atoms with Gasteiger partial charge in [-0.1, -0.05) is 26.3 Å². The van der Waals surface area contributed by atoms with Crippen LogP contribution in [0.25, 0.3) is 0 Å². The quantitative estimate of drug-likeness (QED) is 0.426. The minimum absolute atomic E-state index is 0.0477. The molecule has 0 heterocycles. The predicted molar refractivity (Wildman–Crippen MR) is 86.8 cm³/mol. The van der Waals surface area contributed by atoms with Crippen LogP contribution >= 0.6 is 0 Å². The molecule has 1 amide bonds. The largest absolute Gasteiger partial charge is 0.467 e. The van der Waals surface area contributed by atoms with Crippen molar-refractivity contribution in [2.75, 3.05) is 13.7 Å². The van der Waals surface area contributed by atoms with Gasteiger partial charge in [0.25, 0.3) is 11.6 Å². The maximum Gasteiger partial charge on any atom is 0.338 e. The van der Waals surface area contributed by atoms with Crippen LogP contribution < -0.4 is 5.32 Å². The van der Waals surface area contributed by atoms with Gasteiger partial charge in [-0.15, -0.1) is 0 Å². The molecule has 0 aliphatic heterocycles. The molecule has 9 heteroatoms. The highest BCUT2D eigenvalue weighted by molar-refractivity contribution is 5.92. The molecule has 0 spiro atoms. The molecule has 1 N–H and O–H groups in total. The molecule has 0 aliphatic rings. The molecule has 0 fully saturated rings. The Labute approximate surface area is 144 Å². The van der Waals surface area contributed by atoms with Crippen LogP contribution in [-0.4, -0.2) is 42.5 Å². The van der Waals surface area contributed by atoms with Crippen LogP contribution in [0.15, 0.2) is 24.3 Å². The normalized spacial score (nSPS) is 12.6. The van der Waals surface area contributed by atoms with Gasteiger partial charge in [0.15, 0.2) is 6.61 Å². The molecule has 0 bridgehead atoms. The van der Waals surface area contributed by atoms with Gasteiger partial charge < -0.3 is 14.8 Å². The van der Waals surface area contributed by atoms with E-state index in [1.807, 2.05) is 6.92 Å². The number of rotatable bonds is 8. The van der Waals surface area contributed by atoms with E-state index in [2.05, 4.69) is 10.1 Å². The van der Waals surface area contributed by atoms with Crippen molar-refractivity contribution >= 4 is 23.5 Å². The average Bonchev–Trinajstić information content (AvgIpc) is 2.62. The first-order chi connectivity index (χ1) is 11.8. The highest BCUT2D eigenvalue weighted by atomic mass is 16.6. The van der Waals surface area contributed by atoms with Crippen molar-refractivity contribution in [3.63, 3.8) is 0 Å². The number of nitrogens with one attached hydrogen (secondary N) is 1. The number of methoxy groups -OCH3 is 1. The van der Waals surface area contributed by atoms with Gasteiger partial charge in [0, 0.05) is 12.1 Å². The van der Waals surface area contributed by atoms with Gasteiger partial charge in [0.05, 0.1) is 17.6 Å². The summed E-state index contributed by atoms with van der Waals surface area (Å²) in [7, 11) is 1.21. The fraction of sp³-hybridized carbons (Fsp3) is 0.438. The number of carbonyl (C=O) groups is 3. The van der Waals surface area contributed by atoms with E-state index in [1.54, 1.807) is 6.92 Å². The number of amides is 1. The monoisotopic (exact) mass is 352 g/mol. The third-order valence-electron chi connectivity index (χ3n) is 3.61. The van der Waals surface area contributed by atoms with E-state index in [1.165, 1.54) is 25.3 Å². The molecule has 25 heavy (non-hydrogen) atoms. The molecule has 0 saturated heterocycles. The molecule has 1 rings (SSSR count). The smallest absolute Gasteiger partial charge is 0.338 e. The van der Waals surface area contributed by atoms with Gasteiger partial charge >= 0.3 is 11.9 Å². The summed E-state index contributed by atoms with van der Waals surface area (Å²) in [5, 5.41) is 13.1. The zero-order chi connectivity index (χ0) is 19.0. The molecule has 1 aromatic rings. The minimum atomic E-state index is -0.878. The standard InChI is InChI=1S/C16H20N2O7/c1-4-10(2)14(16(21)24-3)17-13(19)9-25-15(20)11-6-5-7-12(8-11)18(22)23/h5-8,10,14H,4,9H2,1-3H3,(H,17,19)/t10-,14+/m0/s1. The fourth-order valence-corrected chi connectivity index (χ4v) is 1.97. The van der Waals surface area contributed by atoms with Gasteiger partial charge in [-0.2, -0.15) is 0 Å². The van der Waals surface area contributed by atoms with E-state index >= 15 is 0 Å². The van der Waals surface area contributed by atoms with E-state index in [9.17, 15) is 24.5 Å². The Balaban J connectivity index is 2.65. The maximum absolute atomic E-state index is 11.9. The summed E-state index contributed by atoms with van der Waals surface area (Å²) in [6.45, 7) is 3.01. The number of non-ortho nitro benzene ring substituents is 1. The van der Waals surface area contributed by atoms with Crippen molar-refractivity contribution in [2.45, 2.75) is 26.3 Å². The number of nitrogens with zero attached hydrogens (tertiary/aromatic N) is 1. The summed E-state index contributed by atoms with van der Waals surface area (Å²) in [5.41, 5.74) is -0.310. The second-order valence-electron chi connectivity index (χ2n) is 5.34. The van der Waals surface area contributed by atoms with Gasteiger partial charge in [0.2, 0.25) is 0 Å². The van der Waals surface area contributed by atoms with E-state index in [0.717, 1.165) is 6.07 Å². The molecule has 0 saturated carbocycles. The van der Waals surface area contributed by atoms with Crippen LogP contribution in [-0.2, 0) is 19.1 Å². The SMILES string of the molecule is CC[C@H](C)[C@@H](NC(=O)COC(=O)c1cccc([N+](=O)[O-])c1)C(=O)OC. The summed E-state index contributed by atoms with van der Waals surface area (Å²) in [6, 6.07) is 4.11. The highest BCUT2D eigenvalue weighted by Gasteiger charge is 2.27. The lowest BCUT2D eigenvalue weighted by Crippen LogP contribution is -2.47. The summed E-state index contributed by atoms with van der Waals surface area (Å²) in [4.78, 5) is 45.5. The number of hydrogen-bond donors (Lipinski definition) is 1. The van der Waals surface area contributed by atoms with Crippen LogP contribution in [0.2, 0.25) is 0 Å². The molecular weight excluding hydrogens is 332 g/mol. The van der Waals surface area contributed by atoms with Crippen LogP contribution in [0, 0.1) is 16.0 Å². The molecule has 0 unspecified atom stereocenters. The lowest BCUT2D eigenvalue weighted by Gasteiger charge is -2.21. The fourth-order valence-electron chi connectivity index (χ4n) is 1.97. The summed E-state index contributed by atoms with van der Waals surface area (Å²) >= 11 is 0. The summed E-state index contributed by atoms with van der Waals surface area (Å²) in [6.07, 6.45) is 0.632. The Morgan fingerprint density at radius 3 is 2.56 bits per heavy atom. The summed E-state index contributed by atoms with van der Waals surface area (Å²) in [5.74, 6) is -2.30. The highest BCUT2D eigenvalue weighted by Crippen LogP contribution is 2.14. The molecule has 9 nitrogen and oxygen atoms in total. The van der Waals surface area contributed by atoms with Gasteiger partial charge in [-0.05, 0) is 12.0 Å². The topological polar surface area (TPSA) is 125 Å². The first kappa shape index (κ1) is 20.1. The molecule has 0 aliphatic carbocycles. The first-order valence-electron chi connectivity index (χ1n) is 7.58. The maximum atomic E-state index is 11.9. The summed E-state index contributed by atoms with van der Waals surface area (Å²) < 4.78 is 9.47. The second kappa shape index (κ2) is 9.36. The number of ether oxygens (including phenoxy) is 2. The molecule has 0 radical (unpaired) electrons. The van der Waals surface area contributed by atoms with Crippen molar-refractivity contribution in [3.8, 4) is 0 Å². The van der Waals surface area contributed by atoms with Gasteiger partial charge in [0.1, 0.15) is 6.04 Å². The van der Waals surface area contributed by atoms with Gasteiger partial charge in [-0.3, -0.25) is 14.9 Å². The van der Waals surface area contributed by atoms with E-state index < -0.39 is 35.4 Å². The Bertz CT molecular complexity index is 660.